The van der Waals surface area contributed by atoms with Gasteiger partial charge >= 0.3 is 7.82 Å². The Labute approximate surface area is 325 Å². The Morgan fingerprint density at radius 1 is 0.642 bits per heavy atom. The molecule has 0 aliphatic rings. The van der Waals surface area contributed by atoms with Gasteiger partial charge in [-0.2, -0.15) is 0 Å². The van der Waals surface area contributed by atoms with Gasteiger partial charge in [-0.25, -0.2) is 4.57 Å². The molecule has 0 saturated carbocycles. The zero-order valence-electron chi connectivity index (χ0n) is 34.0. The maximum atomic E-state index is 12.7. The Morgan fingerprint density at radius 2 is 1.11 bits per heavy atom. The fourth-order valence-electron chi connectivity index (χ4n) is 5.87. The second kappa shape index (κ2) is 39.9. The van der Waals surface area contributed by atoms with Gasteiger partial charge in [0.2, 0.25) is 5.91 Å². The van der Waals surface area contributed by atoms with Crippen LogP contribution < -0.4 is 11.1 Å². The minimum absolute atomic E-state index is 0.0698. The van der Waals surface area contributed by atoms with Crippen LogP contribution in [0, 0.1) is 0 Å². The quantitative estimate of drug-likeness (QED) is 0.0278. The number of nitrogens with one attached hydrogen (secondary N) is 1. The van der Waals surface area contributed by atoms with E-state index in [0.717, 1.165) is 70.6 Å². The minimum atomic E-state index is -4.35. The number of aliphatic hydroxyl groups excluding tert-OH is 1. The van der Waals surface area contributed by atoms with Crippen LogP contribution in [-0.4, -0.2) is 47.8 Å². The predicted molar refractivity (Wildman–Crippen MR) is 226 cm³/mol. The summed E-state index contributed by atoms with van der Waals surface area (Å²) < 4.78 is 22.1. The van der Waals surface area contributed by atoms with Gasteiger partial charge < -0.3 is 21.1 Å². The Bertz CT molecular complexity index is 1010. The maximum absolute atomic E-state index is 12.7. The number of nitrogens with two attached hydrogens (primary N) is 1. The summed E-state index contributed by atoms with van der Waals surface area (Å²) >= 11 is 0. The molecule has 5 N–H and O–H groups in total. The summed E-state index contributed by atoms with van der Waals surface area (Å²) in [6.07, 6.45) is 49.8. The molecule has 0 heterocycles. The molecular formula is C44H81N2O6P. The van der Waals surface area contributed by atoms with Gasteiger partial charge in [-0.05, 0) is 64.2 Å². The third-order valence-corrected chi connectivity index (χ3v) is 10.1. The molecule has 53 heavy (non-hydrogen) atoms. The first kappa shape index (κ1) is 51.2. The molecule has 9 heteroatoms. The predicted octanol–water partition coefficient (Wildman–Crippen LogP) is 11.9. The zero-order chi connectivity index (χ0) is 38.9. The van der Waals surface area contributed by atoms with Crippen LogP contribution in [0.15, 0.2) is 60.8 Å². The number of hydrogen-bond acceptors (Lipinski definition) is 6. The SMILES string of the molecule is CC/C=C\C/C=C\C/C=C\CCCCCCCCCC(=O)NC(COP(=O)(O)OCCN)C(O)/C=C/CC/C=C/CCCCCCCCCCCCC. The van der Waals surface area contributed by atoms with E-state index in [2.05, 4.69) is 67.8 Å². The molecule has 3 unspecified atom stereocenters. The number of aliphatic hydroxyl groups is 1. The minimum Gasteiger partial charge on any atom is -0.387 e. The van der Waals surface area contributed by atoms with Crippen molar-refractivity contribution < 1.29 is 28.4 Å². The van der Waals surface area contributed by atoms with E-state index >= 15 is 0 Å². The first-order valence-corrected chi connectivity index (χ1v) is 22.9. The van der Waals surface area contributed by atoms with Gasteiger partial charge in [-0.3, -0.25) is 13.8 Å². The molecule has 0 bridgehead atoms. The van der Waals surface area contributed by atoms with E-state index in [9.17, 15) is 19.4 Å². The number of allylic oxidation sites excluding steroid dienone is 9. The molecule has 0 rings (SSSR count). The van der Waals surface area contributed by atoms with Crippen molar-refractivity contribution in [1.82, 2.24) is 5.32 Å². The van der Waals surface area contributed by atoms with Crippen molar-refractivity contribution in [2.45, 2.75) is 193 Å². The summed E-state index contributed by atoms with van der Waals surface area (Å²) in [5.41, 5.74) is 5.37. The highest BCUT2D eigenvalue weighted by Crippen LogP contribution is 2.43. The average molecular weight is 765 g/mol. The van der Waals surface area contributed by atoms with Crippen molar-refractivity contribution in [3.05, 3.63) is 60.8 Å². The fourth-order valence-corrected chi connectivity index (χ4v) is 6.63. The molecular weight excluding hydrogens is 683 g/mol. The largest absolute Gasteiger partial charge is 0.472 e. The molecule has 1 amide bonds. The third kappa shape index (κ3) is 38.3. The van der Waals surface area contributed by atoms with Crippen LogP contribution in [0.25, 0.3) is 0 Å². The topological polar surface area (TPSA) is 131 Å². The lowest BCUT2D eigenvalue weighted by Gasteiger charge is -2.23. The molecule has 0 spiro atoms. The zero-order valence-corrected chi connectivity index (χ0v) is 34.9. The lowest BCUT2D eigenvalue weighted by Crippen LogP contribution is -2.45. The van der Waals surface area contributed by atoms with E-state index in [0.29, 0.717) is 6.42 Å². The van der Waals surface area contributed by atoms with Crippen LogP contribution in [0.3, 0.4) is 0 Å². The molecule has 0 aliphatic heterocycles. The second-order valence-corrected chi connectivity index (χ2v) is 15.6. The smallest absolute Gasteiger partial charge is 0.387 e. The van der Waals surface area contributed by atoms with Gasteiger partial charge in [0.15, 0.2) is 0 Å². The molecule has 0 aromatic carbocycles. The highest BCUT2D eigenvalue weighted by atomic mass is 31.2. The van der Waals surface area contributed by atoms with Crippen molar-refractivity contribution in [3.63, 3.8) is 0 Å². The van der Waals surface area contributed by atoms with E-state index in [1.54, 1.807) is 6.08 Å². The van der Waals surface area contributed by atoms with Crippen LogP contribution in [-0.2, 0) is 18.4 Å². The van der Waals surface area contributed by atoms with E-state index in [-0.39, 0.29) is 25.7 Å². The Morgan fingerprint density at radius 3 is 1.68 bits per heavy atom. The summed E-state index contributed by atoms with van der Waals surface area (Å²) in [6.45, 7) is 3.99. The molecule has 0 aromatic heterocycles. The summed E-state index contributed by atoms with van der Waals surface area (Å²) in [7, 11) is -4.35. The highest BCUT2D eigenvalue weighted by molar-refractivity contribution is 7.47. The molecule has 8 nitrogen and oxygen atoms in total. The number of unbranched alkanes of at least 4 members (excludes halogenated alkanes) is 19. The number of phosphoric acid groups is 1. The van der Waals surface area contributed by atoms with E-state index in [1.165, 1.54) is 89.9 Å². The number of amides is 1. The lowest BCUT2D eigenvalue weighted by atomic mass is 10.1. The molecule has 0 aliphatic carbocycles. The van der Waals surface area contributed by atoms with Crippen LogP contribution in [0.2, 0.25) is 0 Å². The Kier molecular flexibility index (Phi) is 38.5. The Balaban J connectivity index is 4.30. The molecule has 0 saturated heterocycles. The van der Waals surface area contributed by atoms with Gasteiger partial charge in [0.25, 0.3) is 0 Å². The molecule has 0 fully saturated rings. The highest BCUT2D eigenvalue weighted by Gasteiger charge is 2.26. The lowest BCUT2D eigenvalue weighted by molar-refractivity contribution is -0.123. The van der Waals surface area contributed by atoms with Crippen LogP contribution in [0.4, 0.5) is 0 Å². The third-order valence-electron chi connectivity index (χ3n) is 9.08. The van der Waals surface area contributed by atoms with Crippen molar-refractivity contribution in [2.24, 2.45) is 5.73 Å². The maximum Gasteiger partial charge on any atom is 0.472 e. The summed E-state index contributed by atoms with van der Waals surface area (Å²) in [5.74, 6) is -0.217. The average Bonchev–Trinajstić information content (AvgIpc) is 3.14. The number of hydrogen-bond donors (Lipinski definition) is 4. The van der Waals surface area contributed by atoms with Crippen LogP contribution >= 0.6 is 7.82 Å². The number of carbonyl (C=O) groups is 1. The van der Waals surface area contributed by atoms with Gasteiger partial charge in [-0.1, -0.05) is 171 Å². The Hall–Kier alpha value is -1.80. The summed E-state index contributed by atoms with van der Waals surface area (Å²) in [5, 5.41) is 13.6. The normalized spacial score (nSPS) is 14.7. The number of carbonyl (C=O) groups excluding carboxylic acids is 1. The fraction of sp³-hybridized carbons (Fsp3) is 0.750. The number of rotatable bonds is 39. The molecule has 3 atom stereocenters. The molecule has 0 aromatic rings. The first-order valence-electron chi connectivity index (χ1n) is 21.4. The first-order chi connectivity index (χ1) is 25.9. The standard InChI is InChI=1S/C44H81N2O6P/c1-3-5-7-9-11-13-15-17-19-21-23-25-27-29-31-33-35-37-43(47)42(41-52-53(49,50)51-40-39-45)46-44(48)38-36-34-32-30-28-26-24-22-20-18-16-14-12-10-8-6-4-2/h6,8,12,14,18,20,27,29,35,37,42-43,47H,3-5,7,9-11,13,15-17,19,21-26,28,30-34,36,38-41,45H2,1-2H3,(H,46,48)(H,49,50)/b8-6-,14-12-,20-18-,29-27+,37-35+. The summed E-state index contributed by atoms with van der Waals surface area (Å²) in [6, 6.07) is -0.884. The van der Waals surface area contributed by atoms with E-state index in [4.69, 9.17) is 14.8 Å². The van der Waals surface area contributed by atoms with Crippen molar-refractivity contribution in [2.75, 3.05) is 19.8 Å². The van der Waals surface area contributed by atoms with Gasteiger partial charge in [-0.15, -0.1) is 0 Å². The second-order valence-electron chi connectivity index (χ2n) is 14.2. The van der Waals surface area contributed by atoms with E-state index < -0.39 is 20.0 Å². The molecule has 0 radical (unpaired) electrons. The summed E-state index contributed by atoms with van der Waals surface area (Å²) in [4.78, 5) is 22.7. The van der Waals surface area contributed by atoms with Gasteiger partial charge in [0, 0.05) is 13.0 Å². The number of phosphoric ester groups is 1. The van der Waals surface area contributed by atoms with Crippen molar-refractivity contribution >= 4 is 13.7 Å². The van der Waals surface area contributed by atoms with Crippen molar-refractivity contribution in [3.8, 4) is 0 Å². The van der Waals surface area contributed by atoms with Crippen LogP contribution in [0.5, 0.6) is 0 Å². The molecule has 308 valence electrons. The van der Waals surface area contributed by atoms with Crippen LogP contribution in [0.1, 0.15) is 181 Å². The van der Waals surface area contributed by atoms with Gasteiger partial charge in [0.05, 0.1) is 25.4 Å². The van der Waals surface area contributed by atoms with E-state index in [1.807, 2.05) is 6.08 Å². The van der Waals surface area contributed by atoms with Gasteiger partial charge in [0.1, 0.15) is 0 Å². The van der Waals surface area contributed by atoms with Crippen molar-refractivity contribution in [1.29, 1.82) is 0 Å². The monoisotopic (exact) mass is 765 g/mol.